The van der Waals surface area contributed by atoms with Crippen molar-refractivity contribution in [2.45, 2.75) is 25.9 Å². The molecule has 0 aliphatic carbocycles. The summed E-state index contributed by atoms with van der Waals surface area (Å²) in [6, 6.07) is 11.6. The van der Waals surface area contributed by atoms with E-state index in [1.807, 2.05) is 54.9 Å². The quantitative estimate of drug-likeness (QED) is 0.651. The van der Waals surface area contributed by atoms with Crippen LogP contribution in [0.3, 0.4) is 0 Å². The van der Waals surface area contributed by atoms with Gasteiger partial charge in [-0.15, -0.1) is 10.2 Å². The Morgan fingerprint density at radius 1 is 1.21 bits per heavy atom. The van der Waals surface area contributed by atoms with Gasteiger partial charge in [-0.25, -0.2) is 0 Å². The van der Waals surface area contributed by atoms with Crippen molar-refractivity contribution in [3.8, 4) is 11.5 Å². The molecule has 3 heterocycles. The maximum atomic E-state index is 13.3. The molecular weight excluding hydrogens is 356 g/mol. The number of amides is 1. The van der Waals surface area contributed by atoms with Crippen molar-refractivity contribution in [1.82, 2.24) is 29.4 Å². The number of benzene rings is 1. The van der Waals surface area contributed by atoms with Crippen LogP contribution in [-0.2, 0) is 29.5 Å². The van der Waals surface area contributed by atoms with E-state index in [-0.39, 0.29) is 5.91 Å². The zero-order valence-corrected chi connectivity index (χ0v) is 16.4. The van der Waals surface area contributed by atoms with Crippen LogP contribution < -0.4 is 0 Å². The lowest BCUT2D eigenvalue weighted by atomic mass is 10.0. The van der Waals surface area contributed by atoms with Crippen LogP contribution in [0, 0.1) is 6.92 Å². The van der Waals surface area contributed by atoms with Gasteiger partial charge in [0, 0.05) is 32.8 Å². The van der Waals surface area contributed by atoms with Crippen molar-refractivity contribution in [3.05, 3.63) is 53.5 Å². The average Bonchev–Trinajstić information content (AvgIpc) is 3.26. The van der Waals surface area contributed by atoms with Crippen molar-refractivity contribution in [1.29, 1.82) is 0 Å². The lowest BCUT2D eigenvalue weighted by Crippen LogP contribution is -2.45. The molecule has 0 bridgehead atoms. The Balaban J connectivity index is 1.76. The summed E-state index contributed by atoms with van der Waals surface area (Å²) in [5.41, 5.74) is 2.85. The number of fused-ring (bicyclic) bond motifs is 1. The zero-order chi connectivity index (χ0) is 19.7. The minimum atomic E-state index is -0.407. The van der Waals surface area contributed by atoms with E-state index in [1.54, 1.807) is 16.7 Å². The Morgan fingerprint density at radius 2 is 2.00 bits per heavy atom. The highest BCUT2D eigenvalue weighted by molar-refractivity contribution is 5.82. The molecule has 1 aromatic carbocycles. The van der Waals surface area contributed by atoms with E-state index >= 15 is 0 Å². The highest BCUT2D eigenvalue weighted by Gasteiger charge is 2.36. The third-order valence-electron chi connectivity index (χ3n) is 5.19. The zero-order valence-electron chi connectivity index (χ0n) is 16.4. The summed E-state index contributed by atoms with van der Waals surface area (Å²) in [5, 5.41) is 13.3. The fourth-order valence-corrected chi connectivity index (χ4v) is 3.58. The molecule has 2 aromatic heterocycles. The second-order valence-corrected chi connectivity index (χ2v) is 7.06. The molecule has 4 rings (SSSR count). The van der Waals surface area contributed by atoms with Gasteiger partial charge in [-0.1, -0.05) is 30.3 Å². The molecule has 0 saturated heterocycles. The number of carbonyl (C=O) groups excluding carboxylic acids is 1. The monoisotopic (exact) mass is 380 g/mol. The molecule has 1 atom stereocenters. The van der Waals surface area contributed by atoms with Gasteiger partial charge in [-0.2, -0.15) is 5.10 Å². The number of ether oxygens (including phenoxy) is 1. The van der Waals surface area contributed by atoms with Crippen LogP contribution >= 0.6 is 0 Å². The molecule has 8 heteroatoms. The van der Waals surface area contributed by atoms with Gasteiger partial charge in [0.05, 0.1) is 13.2 Å². The maximum absolute atomic E-state index is 13.3. The molecule has 0 radical (unpaired) electrons. The number of nitrogens with zero attached hydrogens (tertiary/aromatic N) is 6. The van der Waals surface area contributed by atoms with E-state index in [4.69, 9.17) is 4.74 Å². The largest absolute Gasteiger partial charge is 0.383 e. The molecule has 1 aliphatic heterocycles. The number of hydrogen-bond donors (Lipinski definition) is 0. The van der Waals surface area contributed by atoms with Crippen LogP contribution in [0.1, 0.15) is 23.1 Å². The summed E-state index contributed by atoms with van der Waals surface area (Å²) >= 11 is 0. The first-order valence-corrected chi connectivity index (χ1v) is 9.35. The standard InChI is InChI=1S/C20H24N6O2/c1-14-11-16(23-24(14)2)19-22-21-18-13-25(9-10-28-3)20(27)17(26(18)19)12-15-7-5-4-6-8-15/h4-8,11,17H,9-10,12-13H2,1-3H3/t17-/m1/s1. The Labute approximate surface area is 163 Å². The van der Waals surface area contributed by atoms with Crippen LogP contribution in [0.15, 0.2) is 36.4 Å². The maximum Gasteiger partial charge on any atom is 0.246 e. The van der Waals surface area contributed by atoms with Crippen LogP contribution in [0.5, 0.6) is 0 Å². The number of hydrogen-bond acceptors (Lipinski definition) is 5. The second kappa shape index (κ2) is 7.55. The van der Waals surface area contributed by atoms with Gasteiger partial charge >= 0.3 is 0 Å². The van der Waals surface area contributed by atoms with Crippen LogP contribution in [0.25, 0.3) is 11.5 Å². The van der Waals surface area contributed by atoms with Crippen molar-refractivity contribution < 1.29 is 9.53 Å². The third-order valence-corrected chi connectivity index (χ3v) is 5.19. The molecule has 0 spiro atoms. The first-order chi connectivity index (χ1) is 13.6. The van der Waals surface area contributed by atoms with Gasteiger partial charge in [0.15, 0.2) is 11.6 Å². The van der Waals surface area contributed by atoms with E-state index in [2.05, 4.69) is 15.3 Å². The van der Waals surface area contributed by atoms with Crippen LogP contribution in [0.4, 0.5) is 0 Å². The Hall–Kier alpha value is -3.00. The molecule has 1 aliphatic rings. The summed E-state index contributed by atoms with van der Waals surface area (Å²) in [6.07, 6.45) is 0.576. The average molecular weight is 380 g/mol. The molecule has 3 aromatic rings. The second-order valence-electron chi connectivity index (χ2n) is 7.06. The fraction of sp³-hybridized carbons (Fsp3) is 0.400. The topological polar surface area (TPSA) is 78.1 Å². The summed E-state index contributed by atoms with van der Waals surface area (Å²) in [6.45, 7) is 3.44. The highest BCUT2D eigenvalue weighted by Crippen LogP contribution is 2.30. The summed E-state index contributed by atoms with van der Waals surface area (Å²) in [5.74, 6) is 1.47. The third kappa shape index (κ3) is 3.31. The van der Waals surface area contributed by atoms with Crippen molar-refractivity contribution >= 4 is 5.91 Å². The van der Waals surface area contributed by atoms with Crippen LogP contribution in [0.2, 0.25) is 0 Å². The minimum absolute atomic E-state index is 0.0575. The predicted molar refractivity (Wildman–Crippen MR) is 103 cm³/mol. The van der Waals surface area contributed by atoms with E-state index in [1.165, 1.54) is 0 Å². The predicted octanol–water partition coefficient (Wildman–Crippen LogP) is 1.76. The molecule has 0 unspecified atom stereocenters. The minimum Gasteiger partial charge on any atom is -0.383 e. The first kappa shape index (κ1) is 18.4. The molecule has 0 saturated carbocycles. The number of rotatable bonds is 6. The van der Waals surface area contributed by atoms with E-state index < -0.39 is 6.04 Å². The van der Waals surface area contributed by atoms with Crippen molar-refractivity contribution in [3.63, 3.8) is 0 Å². The van der Waals surface area contributed by atoms with Gasteiger partial charge in [0.2, 0.25) is 5.91 Å². The Morgan fingerprint density at radius 3 is 2.68 bits per heavy atom. The molecule has 146 valence electrons. The smallest absolute Gasteiger partial charge is 0.246 e. The van der Waals surface area contributed by atoms with Crippen molar-refractivity contribution in [2.75, 3.05) is 20.3 Å². The van der Waals surface area contributed by atoms with Crippen molar-refractivity contribution in [2.24, 2.45) is 7.05 Å². The summed E-state index contributed by atoms with van der Waals surface area (Å²) < 4.78 is 8.94. The summed E-state index contributed by atoms with van der Waals surface area (Å²) in [7, 11) is 3.53. The lowest BCUT2D eigenvalue weighted by molar-refractivity contribution is -0.138. The lowest BCUT2D eigenvalue weighted by Gasteiger charge is -2.33. The normalized spacial score (nSPS) is 16.5. The Bertz CT molecular complexity index is 959. The van der Waals surface area contributed by atoms with Gasteiger partial charge in [0.25, 0.3) is 0 Å². The molecular formula is C20H24N6O2. The fourth-order valence-electron chi connectivity index (χ4n) is 3.58. The summed E-state index contributed by atoms with van der Waals surface area (Å²) in [4.78, 5) is 15.1. The number of carbonyl (C=O) groups is 1. The van der Waals surface area contributed by atoms with E-state index in [0.29, 0.717) is 31.9 Å². The molecule has 8 nitrogen and oxygen atoms in total. The molecule has 0 fully saturated rings. The Kier molecular flexibility index (Phi) is 4.95. The molecule has 1 amide bonds. The van der Waals surface area contributed by atoms with E-state index in [9.17, 15) is 4.79 Å². The van der Waals surface area contributed by atoms with Gasteiger partial charge < -0.3 is 9.64 Å². The van der Waals surface area contributed by atoms with E-state index in [0.717, 1.165) is 22.8 Å². The SMILES string of the molecule is COCCN1Cc2nnc(-c3cc(C)n(C)n3)n2[C@H](Cc2ccccc2)C1=O. The first-order valence-electron chi connectivity index (χ1n) is 9.35. The highest BCUT2D eigenvalue weighted by atomic mass is 16.5. The number of aromatic nitrogens is 5. The number of methoxy groups -OCH3 is 1. The number of aryl methyl sites for hydroxylation is 2. The van der Waals surface area contributed by atoms with Gasteiger partial charge in [-0.05, 0) is 18.6 Å². The molecule has 0 N–H and O–H groups in total. The van der Waals surface area contributed by atoms with Gasteiger partial charge in [-0.3, -0.25) is 14.0 Å². The van der Waals surface area contributed by atoms with Gasteiger partial charge in [0.1, 0.15) is 11.7 Å². The molecule has 28 heavy (non-hydrogen) atoms. The van der Waals surface area contributed by atoms with Crippen LogP contribution in [-0.4, -0.2) is 55.6 Å².